The van der Waals surface area contributed by atoms with Crippen LogP contribution in [0.1, 0.15) is 5.89 Å². The highest BCUT2D eigenvalue weighted by molar-refractivity contribution is 7.09. The van der Waals surface area contributed by atoms with Crippen molar-refractivity contribution in [3.05, 3.63) is 18.2 Å². The third kappa shape index (κ3) is 2.23. The Kier molecular flexibility index (Phi) is 2.50. The number of aliphatic carboxylic acids is 1. The largest absolute Gasteiger partial charge is 0.478 e. The first kappa shape index (κ1) is 9.46. The van der Waals surface area contributed by atoms with Crippen molar-refractivity contribution >= 4 is 23.6 Å². The minimum Gasteiger partial charge on any atom is -0.478 e. The second-order valence-electron chi connectivity index (χ2n) is 2.40. The molecule has 0 unspecified atom stereocenters. The van der Waals surface area contributed by atoms with Crippen molar-refractivity contribution in [2.24, 2.45) is 0 Å². The summed E-state index contributed by atoms with van der Waals surface area (Å²) in [5.41, 5.74) is 0. The van der Waals surface area contributed by atoms with Crippen molar-refractivity contribution in [3.8, 4) is 10.8 Å². The maximum Gasteiger partial charge on any atom is 0.328 e. The lowest BCUT2D eigenvalue weighted by molar-refractivity contribution is -0.131. The monoisotopic (exact) mass is 224 g/mol. The first-order chi connectivity index (χ1) is 7.25. The lowest BCUT2D eigenvalue weighted by atomic mass is 10.5. The molecule has 0 saturated carbocycles. The number of nitrogens with zero attached hydrogens (tertiary/aromatic N) is 4. The van der Waals surface area contributed by atoms with Crippen LogP contribution in [0.15, 0.2) is 16.7 Å². The van der Waals surface area contributed by atoms with E-state index in [1.165, 1.54) is 12.3 Å². The van der Waals surface area contributed by atoms with Crippen molar-refractivity contribution in [2.45, 2.75) is 0 Å². The average molecular weight is 224 g/mol. The molecule has 0 aliphatic rings. The Bertz CT molecular complexity index is 490. The molecular weight excluding hydrogens is 220 g/mol. The molecule has 7 nitrogen and oxygen atoms in total. The van der Waals surface area contributed by atoms with Gasteiger partial charge in [-0.2, -0.15) is 0 Å². The van der Waals surface area contributed by atoms with E-state index in [0.29, 0.717) is 4.88 Å². The molecule has 2 aromatic rings. The first-order valence-electron chi connectivity index (χ1n) is 3.78. The van der Waals surface area contributed by atoms with Crippen LogP contribution in [0.25, 0.3) is 16.8 Å². The highest BCUT2D eigenvalue weighted by atomic mass is 32.1. The maximum absolute atomic E-state index is 10.2. The Hall–Kier alpha value is -2.09. The minimum absolute atomic E-state index is 0.126. The van der Waals surface area contributed by atoms with E-state index in [0.717, 1.165) is 17.6 Å². The van der Waals surface area contributed by atoms with E-state index in [-0.39, 0.29) is 11.8 Å². The van der Waals surface area contributed by atoms with Gasteiger partial charge >= 0.3 is 5.97 Å². The van der Waals surface area contributed by atoms with Gasteiger partial charge in [0.15, 0.2) is 0 Å². The molecule has 0 bridgehead atoms. The summed E-state index contributed by atoms with van der Waals surface area (Å²) in [5, 5.41) is 19.3. The Morgan fingerprint density at radius 3 is 3.07 bits per heavy atom. The van der Waals surface area contributed by atoms with Crippen LogP contribution in [0, 0.1) is 0 Å². The average Bonchev–Trinajstić information content (AvgIpc) is 2.85. The summed E-state index contributed by atoms with van der Waals surface area (Å²) in [4.78, 5) is 10.9. The van der Waals surface area contributed by atoms with E-state index in [4.69, 9.17) is 9.52 Å². The summed E-state index contributed by atoms with van der Waals surface area (Å²) in [6, 6.07) is 0. The normalized spacial score (nSPS) is 10.9. The summed E-state index contributed by atoms with van der Waals surface area (Å²) in [6.45, 7) is 0. The molecule has 0 atom stereocenters. The van der Waals surface area contributed by atoms with Gasteiger partial charge in [0.2, 0.25) is 5.89 Å². The fourth-order valence-electron chi connectivity index (χ4n) is 0.805. The van der Waals surface area contributed by atoms with Gasteiger partial charge in [0, 0.05) is 12.2 Å². The summed E-state index contributed by atoms with van der Waals surface area (Å²) in [6.07, 6.45) is 3.62. The number of hydrogen-bond acceptors (Lipinski definition) is 7. The quantitative estimate of drug-likeness (QED) is 0.765. The molecule has 1 N–H and O–H groups in total. The SMILES string of the molecule is O=C(O)/C=C/c1nnc(-c2cnns2)o1. The van der Waals surface area contributed by atoms with Gasteiger partial charge in [0.25, 0.3) is 5.89 Å². The predicted octanol–water partition coefficient (Wildman–Crippen LogP) is 0.686. The molecule has 0 aromatic carbocycles. The third-order valence-corrected chi connectivity index (χ3v) is 2.03. The van der Waals surface area contributed by atoms with E-state index >= 15 is 0 Å². The van der Waals surface area contributed by atoms with E-state index in [9.17, 15) is 4.79 Å². The fraction of sp³-hybridized carbons (Fsp3) is 0. The van der Waals surface area contributed by atoms with E-state index in [1.54, 1.807) is 0 Å². The van der Waals surface area contributed by atoms with Crippen molar-refractivity contribution in [2.75, 3.05) is 0 Å². The van der Waals surface area contributed by atoms with Gasteiger partial charge < -0.3 is 9.52 Å². The Balaban J connectivity index is 2.21. The second kappa shape index (κ2) is 3.96. The van der Waals surface area contributed by atoms with Crippen molar-refractivity contribution in [3.63, 3.8) is 0 Å². The van der Waals surface area contributed by atoms with Crippen LogP contribution in [-0.2, 0) is 4.79 Å². The van der Waals surface area contributed by atoms with Crippen LogP contribution in [0.2, 0.25) is 0 Å². The molecule has 76 valence electrons. The molecule has 2 rings (SSSR count). The molecule has 0 aliphatic carbocycles. The van der Waals surface area contributed by atoms with Gasteiger partial charge in [-0.1, -0.05) is 4.49 Å². The third-order valence-electron chi connectivity index (χ3n) is 1.38. The van der Waals surface area contributed by atoms with Crippen LogP contribution >= 0.6 is 11.5 Å². The Labute approximate surface area is 87.2 Å². The lowest BCUT2D eigenvalue weighted by Gasteiger charge is -1.81. The molecule has 0 radical (unpaired) electrons. The molecular formula is C7H4N4O3S. The fourth-order valence-corrected chi connectivity index (χ4v) is 1.24. The second-order valence-corrected chi connectivity index (χ2v) is 3.18. The van der Waals surface area contributed by atoms with Gasteiger partial charge in [-0.15, -0.1) is 15.3 Å². The molecule has 0 spiro atoms. The molecule has 8 heteroatoms. The van der Waals surface area contributed by atoms with Gasteiger partial charge in [-0.25, -0.2) is 4.79 Å². The topological polar surface area (TPSA) is 102 Å². The van der Waals surface area contributed by atoms with E-state index < -0.39 is 5.97 Å². The molecule has 15 heavy (non-hydrogen) atoms. The standard InChI is InChI=1S/C7H4N4O3S/c12-6(13)2-1-5-9-10-7(14-5)4-3-8-11-15-4/h1-3H,(H,12,13)/b2-1+. The molecule has 0 fully saturated rings. The highest BCUT2D eigenvalue weighted by Crippen LogP contribution is 2.19. The predicted molar refractivity (Wildman–Crippen MR) is 49.9 cm³/mol. The van der Waals surface area contributed by atoms with Crippen LogP contribution in [-0.4, -0.2) is 30.9 Å². The number of carboxylic acid groups (broad SMARTS) is 1. The van der Waals surface area contributed by atoms with Crippen LogP contribution in [0.5, 0.6) is 0 Å². The van der Waals surface area contributed by atoms with Gasteiger partial charge in [0.05, 0.1) is 6.20 Å². The zero-order valence-electron chi connectivity index (χ0n) is 7.19. The molecule has 2 aromatic heterocycles. The number of rotatable bonds is 3. The van der Waals surface area contributed by atoms with Crippen molar-refractivity contribution in [1.29, 1.82) is 0 Å². The minimum atomic E-state index is -1.07. The van der Waals surface area contributed by atoms with Crippen LogP contribution < -0.4 is 0 Å². The first-order valence-corrected chi connectivity index (χ1v) is 4.55. The summed E-state index contributed by atoms with van der Waals surface area (Å²) in [5.74, 6) is -0.676. The Morgan fingerprint density at radius 2 is 2.40 bits per heavy atom. The number of carboxylic acids is 1. The van der Waals surface area contributed by atoms with Crippen LogP contribution in [0.3, 0.4) is 0 Å². The zero-order chi connectivity index (χ0) is 10.7. The highest BCUT2D eigenvalue weighted by Gasteiger charge is 2.08. The maximum atomic E-state index is 10.2. The van der Waals surface area contributed by atoms with E-state index in [1.807, 2.05) is 0 Å². The molecule has 0 amide bonds. The number of carbonyl (C=O) groups is 1. The summed E-state index contributed by atoms with van der Waals surface area (Å²) >= 11 is 1.12. The summed E-state index contributed by atoms with van der Waals surface area (Å²) in [7, 11) is 0. The number of aromatic nitrogens is 4. The van der Waals surface area contributed by atoms with Gasteiger partial charge in [-0.3, -0.25) is 0 Å². The summed E-state index contributed by atoms with van der Waals surface area (Å²) < 4.78 is 8.77. The van der Waals surface area contributed by atoms with Gasteiger partial charge in [-0.05, 0) is 11.5 Å². The lowest BCUT2D eigenvalue weighted by Crippen LogP contribution is -1.85. The Morgan fingerprint density at radius 1 is 1.53 bits per heavy atom. The van der Waals surface area contributed by atoms with Crippen molar-refractivity contribution in [1.82, 2.24) is 19.8 Å². The van der Waals surface area contributed by atoms with Crippen molar-refractivity contribution < 1.29 is 14.3 Å². The van der Waals surface area contributed by atoms with Gasteiger partial charge in [0.1, 0.15) is 4.88 Å². The molecule has 0 aliphatic heterocycles. The van der Waals surface area contributed by atoms with Crippen LogP contribution in [0.4, 0.5) is 0 Å². The smallest absolute Gasteiger partial charge is 0.328 e. The molecule has 0 saturated heterocycles. The molecule has 2 heterocycles. The number of hydrogen-bond donors (Lipinski definition) is 1. The zero-order valence-corrected chi connectivity index (χ0v) is 8.01. The van der Waals surface area contributed by atoms with E-state index in [2.05, 4.69) is 19.8 Å².